The minimum atomic E-state index is -0.505. The van der Waals surface area contributed by atoms with Crippen LogP contribution < -0.4 is 10.1 Å². The Bertz CT molecular complexity index is 449. The Hall–Kier alpha value is -1.26. The van der Waals surface area contributed by atoms with Gasteiger partial charge in [0, 0.05) is 13.0 Å². The fourth-order valence-electron chi connectivity index (χ4n) is 1.67. The van der Waals surface area contributed by atoms with E-state index in [0.717, 1.165) is 5.56 Å². The summed E-state index contributed by atoms with van der Waals surface area (Å²) in [6, 6.07) is 5.48. The first kappa shape index (κ1) is 16.8. The Morgan fingerprint density at radius 1 is 1.45 bits per heavy atom. The van der Waals surface area contributed by atoms with Gasteiger partial charge in [-0.05, 0) is 30.0 Å². The first-order chi connectivity index (χ1) is 9.43. The molecule has 1 aromatic rings. The van der Waals surface area contributed by atoms with Crippen LogP contribution in [0.1, 0.15) is 25.8 Å². The molecule has 0 aliphatic rings. The van der Waals surface area contributed by atoms with E-state index < -0.39 is 6.10 Å². The van der Waals surface area contributed by atoms with Crippen molar-refractivity contribution in [1.29, 1.82) is 0 Å². The molecule has 0 aliphatic heterocycles. The van der Waals surface area contributed by atoms with Gasteiger partial charge in [-0.1, -0.05) is 31.5 Å². The van der Waals surface area contributed by atoms with Crippen molar-refractivity contribution in [1.82, 2.24) is 5.32 Å². The van der Waals surface area contributed by atoms with Gasteiger partial charge in [-0.25, -0.2) is 0 Å². The maximum absolute atomic E-state index is 11.7. The minimum absolute atomic E-state index is 0.0726. The number of amides is 1. The predicted molar refractivity (Wildman–Crippen MR) is 80.2 cm³/mol. The SMILES string of the molecule is COc1ccc(CCC(=O)NCC(O)C(C)C)cc1Cl. The van der Waals surface area contributed by atoms with Gasteiger partial charge in [0.25, 0.3) is 0 Å². The highest BCUT2D eigenvalue weighted by Crippen LogP contribution is 2.25. The summed E-state index contributed by atoms with van der Waals surface area (Å²) in [7, 11) is 1.56. The quantitative estimate of drug-likeness (QED) is 0.813. The van der Waals surface area contributed by atoms with E-state index >= 15 is 0 Å². The summed E-state index contributed by atoms with van der Waals surface area (Å²) in [4.78, 5) is 11.7. The van der Waals surface area contributed by atoms with Crippen LogP contribution in [-0.4, -0.2) is 30.8 Å². The number of carbonyl (C=O) groups is 1. The summed E-state index contributed by atoms with van der Waals surface area (Å²) >= 11 is 6.02. The lowest BCUT2D eigenvalue weighted by atomic mass is 10.1. The highest BCUT2D eigenvalue weighted by Gasteiger charge is 2.11. The molecule has 0 saturated carbocycles. The molecule has 1 rings (SSSR count). The summed E-state index contributed by atoms with van der Waals surface area (Å²) in [6.07, 6.45) is 0.468. The molecule has 1 unspecified atom stereocenters. The monoisotopic (exact) mass is 299 g/mol. The number of rotatable bonds is 7. The van der Waals surface area contributed by atoms with Crippen molar-refractivity contribution in [3.8, 4) is 5.75 Å². The van der Waals surface area contributed by atoms with Crippen LogP contribution >= 0.6 is 11.6 Å². The Morgan fingerprint density at radius 3 is 2.70 bits per heavy atom. The van der Waals surface area contributed by atoms with Gasteiger partial charge in [0.05, 0.1) is 18.2 Å². The average Bonchev–Trinajstić information content (AvgIpc) is 2.42. The lowest BCUT2D eigenvalue weighted by molar-refractivity contribution is -0.121. The average molecular weight is 300 g/mol. The second-order valence-electron chi connectivity index (χ2n) is 5.08. The number of carbonyl (C=O) groups excluding carboxylic acids is 1. The second-order valence-corrected chi connectivity index (χ2v) is 5.49. The van der Waals surface area contributed by atoms with Crippen molar-refractivity contribution in [2.45, 2.75) is 32.8 Å². The molecule has 5 heteroatoms. The van der Waals surface area contributed by atoms with E-state index in [1.807, 2.05) is 19.9 Å². The van der Waals surface area contributed by atoms with Crippen LogP contribution in [0.2, 0.25) is 5.02 Å². The summed E-state index contributed by atoms with van der Waals surface area (Å²) in [5, 5.41) is 12.9. The fourth-order valence-corrected chi connectivity index (χ4v) is 1.95. The van der Waals surface area contributed by atoms with Gasteiger partial charge in [0.1, 0.15) is 5.75 Å². The minimum Gasteiger partial charge on any atom is -0.495 e. The van der Waals surface area contributed by atoms with E-state index in [1.165, 1.54) is 0 Å². The number of ether oxygens (including phenoxy) is 1. The number of nitrogens with one attached hydrogen (secondary N) is 1. The Labute approximate surface area is 125 Å². The number of benzene rings is 1. The summed E-state index contributed by atoms with van der Waals surface area (Å²) < 4.78 is 5.07. The Morgan fingerprint density at radius 2 is 2.15 bits per heavy atom. The predicted octanol–water partition coefficient (Wildman–Crippen LogP) is 2.41. The molecule has 0 aromatic heterocycles. The molecule has 1 amide bonds. The number of halogens is 1. The second kappa shape index (κ2) is 8.12. The van der Waals surface area contributed by atoms with Crippen LogP contribution in [-0.2, 0) is 11.2 Å². The molecule has 1 aromatic carbocycles. The third-order valence-electron chi connectivity index (χ3n) is 3.13. The third kappa shape index (κ3) is 5.39. The van der Waals surface area contributed by atoms with Gasteiger partial charge >= 0.3 is 0 Å². The first-order valence-electron chi connectivity index (χ1n) is 6.71. The third-order valence-corrected chi connectivity index (χ3v) is 3.43. The number of hydrogen-bond acceptors (Lipinski definition) is 3. The van der Waals surface area contributed by atoms with Crippen molar-refractivity contribution in [3.63, 3.8) is 0 Å². The summed E-state index contributed by atoms with van der Waals surface area (Å²) in [6.45, 7) is 4.12. The molecule has 4 nitrogen and oxygen atoms in total. The molecule has 0 heterocycles. The zero-order chi connectivity index (χ0) is 15.1. The van der Waals surface area contributed by atoms with E-state index in [0.29, 0.717) is 30.2 Å². The van der Waals surface area contributed by atoms with Crippen molar-refractivity contribution in [2.24, 2.45) is 5.92 Å². The lowest BCUT2D eigenvalue weighted by Gasteiger charge is -2.15. The van der Waals surface area contributed by atoms with E-state index in [2.05, 4.69) is 5.32 Å². The molecule has 1 atom stereocenters. The molecular formula is C15H22ClNO3. The lowest BCUT2D eigenvalue weighted by Crippen LogP contribution is -2.34. The highest BCUT2D eigenvalue weighted by atomic mass is 35.5. The van der Waals surface area contributed by atoms with E-state index in [1.54, 1.807) is 19.2 Å². The topological polar surface area (TPSA) is 58.6 Å². The zero-order valence-electron chi connectivity index (χ0n) is 12.1. The van der Waals surface area contributed by atoms with Crippen molar-refractivity contribution < 1.29 is 14.6 Å². The first-order valence-corrected chi connectivity index (χ1v) is 7.09. The Balaban J connectivity index is 2.39. The number of hydrogen-bond donors (Lipinski definition) is 2. The number of aliphatic hydroxyl groups is 1. The smallest absolute Gasteiger partial charge is 0.220 e. The van der Waals surface area contributed by atoms with Crippen molar-refractivity contribution >= 4 is 17.5 Å². The number of aliphatic hydroxyl groups excluding tert-OH is 1. The molecular weight excluding hydrogens is 278 g/mol. The fraction of sp³-hybridized carbons (Fsp3) is 0.533. The van der Waals surface area contributed by atoms with Crippen LogP contribution in [0.4, 0.5) is 0 Å². The van der Waals surface area contributed by atoms with Gasteiger partial charge in [-0.15, -0.1) is 0 Å². The highest BCUT2D eigenvalue weighted by molar-refractivity contribution is 6.32. The van der Waals surface area contributed by atoms with Crippen molar-refractivity contribution in [3.05, 3.63) is 28.8 Å². The molecule has 2 N–H and O–H groups in total. The molecule has 0 saturated heterocycles. The Kier molecular flexibility index (Phi) is 6.82. The normalized spacial score (nSPS) is 12.3. The molecule has 0 spiro atoms. The molecule has 0 radical (unpaired) electrons. The van der Waals surface area contributed by atoms with Gasteiger partial charge < -0.3 is 15.2 Å². The number of methoxy groups -OCH3 is 1. The molecule has 0 bridgehead atoms. The maximum atomic E-state index is 11.7. The van der Waals surface area contributed by atoms with E-state index in [9.17, 15) is 9.90 Å². The van der Waals surface area contributed by atoms with Crippen LogP contribution in [0.15, 0.2) is 18.2 Å². The van der Waals surface area contributed by atoms with Crippen LogP contribution in [0.3, 0.4) is 0 Å². The van der Waals surface area contributed by atoms with Gasteiger partial charge in [0.2, 0.25) is 5.91 Å². The zero-order valence-corrected chi connectivity index (χ0v) is 12.9. The van der Waals surface area contributed by atoms with Crippen LogP contribution in [0, 0.1) is 5.92 Å². The molecule has 0 aliphatic carbocycles. The number of aryl methyl sites for hydroxylation is 1. The van der Waals surface area contributed by atoms with Crippen LogP contribution in [0.5, 0.6) is 5.75 Å². The van der Waals surface area contributed by atoms with Crippen molar-refractivity contribution in [2.75, 3.05) is 13.7 Å². The van der Waals surface area contributed by atoms with E-state index in [-0.39, 0.29) is 11.8 Å². The summed E-state index contributed by atoms with van der Waals surface area (Å²) in [5.74, 6) is 0.687. The van der Waals surface area contributed by atoms with Gasteiger partial charge in [-0.2, -0.15) is 0 Å². The molecule has 20 heavy (non-hydrogen) atoms. The molecule has 0 fully saturated rings. The summed E-state index contributed by atoms with van der Waals surface area (Å²) in [5.41, 5.74) is 0.982. The largest absolute Gasteiger partial charge is 0.495 e. The standard InChI is InChI=1S/C15H22ClNO3/c1-10(2)13(18)9-17-15(19)7-5-11-4-6-14(20-3)12(16)8-11/h4,6,8,10,13,18H,5,7,9H2,1-3H3,(H,17,19). The maximum Gasteiger partial charge on any atom is 0.220 e. The van der Waals surface area contributed by atoms with Gasteiger partial charge in [0.15, 0.2) is 0 Å². The van der Waals surface area contributed by atoms with Gasteiger partial charge in [-0.3, -0.25) is 4.79 Å². The van der Waals surface area contributed by atoms with Crippen LogP contribution in [0.25, 0.3) is 0 Å². The van der Waals surface area contributed by atoms with E-state index in [4.69, 9.17) is 16.3 Å². The molecule has 112 valence electrons.